The summed E-state index contributed by atoms with van der Waals surface area (Å²) in [6, 6.07) is 15.4. The van der Waals surface area contributed by atoms with Crippen molar-refractivity contribution in [3.05, 3.63) is 54.4 Å². The largest absolute Gasteiger partial charge is 0.493 e. The van der Waals surface area contributed by atoms with E-state index in [0.29, 0.717) is 31.1 Å². The lowest BCUT2D eigenvalue weighted by Gasteiger charge is -2.17. The maximum Gasteiger partial charge on any atom is 0.220 e. The smallest absolute Gasteiger partial charge is 0.220 e. The molecule has 3 aromatic rings. The van der Waals surface area contributed by atoms with Gasteiger partial charge in [0.2, 0.25) is 5.91 Å². The second-order valence-corrected chi connectivity index (χ2v) is 6.25. The summed E-state index contributed by atoms with van der Waals surface area (Å²) >= 11 is 0. The fourth-order valence-electron chi connectivity index (χ4n) is 3.05. The molecule has 1 aromatic heterocycles. The molecule has 1 unspecified atom stereocenters. The van der Waals surface area contributed by atoms with Crippen molar-refractivity contribution in [1.82, 2.24) is 14.9 Å². The Bertz CT molecular complexity index is 920. The quantitative estimate of drug-likeness (QED) is 0.659. The Morgan fingerprint density at radius 3 is 2.59 bits per heavy atom. The number of aromatic nitrogens is 2. The lowest BCUT2D eigenvalue weighted by atomic mass is 10.3. The summed E-state index contributed by atoms with van der Waals surface area (Å²) in [5.41, 5.74) is 1.93. The van der Waals surface area contributed by atoms with Gasteiger partial charge in [0.15, 0.2) is 11.5 Å². The van der Waals surface area contributed by atoms with Crippen molar-refractivity contribution in [2.45, 2.75) is 32.9 Å². The van der Waals surface area contributed by atoms with Gasteiger partial charge in [-0.05, 0) is 31.2 Å². The van der Waals surface area contributed by atoms with Gasteiger partial charge in [-0.3, -0.25) is 4.79 Å². The number of ether oxygens (including phenoxy) is 2. The van der Waals surface area contributed by atoms with Crippen molar-refractivity contribution < 1.29 is 14.3 Å². The summed E-state index contributed by atoms with van der Waals surface area (Å²) in [5.74, 6) is 2.24. The Kier molecular flexibility index (Phi) is 5.96. The third kappa shape index (κ3) is 4.22. The first kappa shape index (κ1) is 18.8. The molecule has 0 aliphatic rings. The summed E-state index contributed by atoms with van der Waals surface area (Å²) < 4.78 is 13.4. The van der Waals surface area contributed by atoms with E-state index in [1.54, 1.807) is 7.11 Å². The number of carbonyl (C=O) groups is 1. The van der Waals surface area contributed by atoms with Crippen LogP contribution in [0.5, 0.6) is 11.5 Å². The zero-order valence-corrected chi connectivity index (χ0v) is 15.9. The van der Waals surface area contributed by atoms with Crippen LogP contribution in [-0.4, -0.2) is 29.2 Å². The van der Waals surface area contributed by atoms with E-state index >= 15 is 0 Å². The molecular weight excluding hydrogens is 342 g/mol. The van der Waals surface area contributed by atoms with Crippen LogP contribution in [0.25, 0.3) is 11.0 Å². The molecule has 0 saturated heterocycles. The molecular formula is C21H25N3O3. The molecule has 6 heteroatoms. The molecule has 142 valence electrons. The lowest BCUT2D eigenvalue weighted by Crippen LogP contribution is -2.28. The fraction of sp³-hybridized carbons (Fsp3) is 0.333. The number of hydrogen-bond acceptors (Lipinski definition) is 4. The van der Waals surface area contributed by atoms with E-state index in [1.165, 1.54) is 0 Å². The monoisotopic (exact) mass is 367 g/mol. The molecule has 1 atom stereocenters. The molecule has 1 amide bonds. The Morgan fingerprint density at radius 1 is 1.15 bits per heavy atom. The van der Waals surface area contributed by atoms with Crippen molar-refractivity contribution in [3.63, 3.8) is 0 Å². The number of benzene rings is 2. The lowest BCUT2D eigenvalue weighted by molar-refractivity contribution is -0.121. The van der Waals surface area contributed by atoms with E-state index in [4.69, 9.17) is 14.5 Å². The predicted molar refractivity (Wildman–Crippen MR) is 105 cm³/mol. The molecule has 0 spiro atoms. The normalized spacial score (nSPS) is 12.0. The van der Waals surface area contributed by atoms with Gasteiger partial charge in [-0.2, -0.15) is 0 Å². The molecule has 0 radical (unpaired) electrons. The summed E-state index contributed by atoms with van der Waals surface area (Å²) in [6.07, 6.45) is 0.446. The van der Waals surface area contributed by atoms with Crippen LogP contribution in [0.4, 0.5) is 0 Å². The molecule has 27 heavy (non-hydrogen) atoms. The Hall–Kier alpha value is -3.02. The van der Waals surface area contributed by atoms with E-state index in [9.17, 15) is 4.79 Å². The first-order valence-corrected chi connectivity index (χ1v) is 9.14. The summed E-state index contributed by atoms with van der Waals surface area (Å²) in [5, 5.41) is 2.99. The number of amides is 1. The Balaban J connectivity index is 1.81. The van der Waals surface area contributed by atoms with Crippen LogP contribution >= 0.6 is 0 Å². The first-order chi connectivity index (χ1) is 13.1. The minimum absolute atomic E-state index is 0.00591. The number of hydrogen-bond donors (Lipinski definition) is 1. The van der Waals surface area contributed by atoms with Crippen molar-refractivity contribution in [2.75, 3.05) is 13.7 Å². The number of para-hydroxylation sites is 4. The van der Waals surface area contributed by atoms with E-state index in [2.05, 4.69) is 9.88 Å². The summed E-state index contributed by atoms with van der Waals surface area (Å²) in [6.45, 7) is 4.86. The zero-order valence-electron chi connectivity index (χ0n) is 15.9. The fourth-order valence-corrected chi connectivity index (χ4v) is 3.05. The number of rotatable bonds is 8. The minimum Gasteiger partial charge on any atom is -0.493 e. The highest BCUT2D eigenvalue weighted by molar-refractivity contribution is 5.77. The number of methoxy groups -OCH3 is 1. The van der Waals surface area contributed by atoms with Crippen LogP contribution in [0, 0.1) is 0 Å². The van der Waals surface area contributed by atoms with Gasteiger partial charge in [0, 0.05) is 6.42 Å². The average molecular weight is 367 g/mol. The van der Waals surface area contributed by atoms with Crippen molar-refractivity contribution in [3.8, 4) is 11.5 Å². The molecule has 0 bridgehead atoms. The maximum absolute atomic E-state index is 11.8. The van der Waals surface area contributed by atoms with Crippen LogP contribution in [0.2, 0.25) is 0 Å². The Morgan fingerprint density at radius 2 is 1.85 bits per heavy atom. The number of nitrogens with zero attached hydrogens (tertiary/aromatic N) is 2. The zero-order chi connectivity index (χ0) is 19.2. The van der Waals surface area contributed by atoms with Gasteiger partial charge in [-0.15, -0.1) is 0 Å². The first-order valence-electron chi connectivity index (χ1n) is 9.14. The van der Waals surface area contributed by atoms with Crippen LogP contribution in [-0.2, 0) is 11.3 Å². The highest BCUT2D eigenvalue weighted by atomic mass is 16.5. The summed E-state index contributed by atoms with van der Waals surface area (Å²) in [4.78, 5) is 16.5. The average Bonchev–Trinajstić information content (AvgIpc) is 3.07. The molecule has 0 aliphatic heterocycles. The standard InChI is InChI=1S/C21H25N3O3/c1-4-20(25)22-15(2)21-23-16-9-5-6-10-17(16)24(21)13-14-27-19-12-8-7-11-18(19)26-3/h5-12,15H,4,13-14H2,1-3H3,(H,22,25). The van der Waals surface area contributed by atoms with E-state index in [-0.39, 0.29) is 11.9 Å². The van der Waals surface area contributed by atoms with Gasteiger partial charge in [0.05, 0.1) is 30.7 Å². The van der Waals surface area contributed by atoms with Crippen molar-refractivity contribution in [1.29, 1.82) is 0 Å². The van der Waals surface area contributed by atoms with E-state index < -0.39 is 0 Å². The molecule has 0 fully saturated rings. The van der Waals surface area contributed by atoms with Crippen LogP contribution in [0.3, 0.4) is 0 Å². The van der Waals surface area contributed by atoms with E-state index in [0.717, 1.165) is 16.9 Å². The summed E-state index contributed by atoms with van der Waals surface area (Å²) in [7, 11) is 1.63. The van der Waals surface area contributed by atoms with Crippen molar-refractivity contribution >= 4 is 16.9 Å². The van der Waals surface area contributed by atoms with Crippen LogP contribution < -0.4 is 14.8 Å². The van der Waals surface area contributed by atoms with Gasteiger partial charge >= 0.3 is 0 Å². The highest BCUT2D eigenvalue weighted by Gasteiger charge is 2.18. The van der Waals surface area contributed by atoms with Gasteiger partial charge in [0.25, 0.3) is 0 Å². The minimum atomic E-state index is -0.184. The van der Waals surface area contributed by atoms with Gasteiger partial charge in [-0.1, -0.05) is 31.2 Å². The third-order valence-corrected chi connectivity index (χ3v) is 4.41. The number of imidazole rings is 1. The second kappa shape index (κ2) is 8.58. The third-order valence-electron chi connectivity index (χ3n) is 4.41. The molecule has 0 saturated carbocycles. The van der Waals surface area contributed by atoms with Gasteiger partial charge in [0.1, 0.15) is 12.4 Å². The Labute approximate surface area is 159 Å². The molecule has 2 aromatic carbocycles. The SMILES string of the molecule is CCC(=O)NC(C)c1nc2ccccc2n1CCOc1ccccc1OC. The predicted octanol–water partition coefficient (Wildman–Crippen LogP) is 3.71. The van der Waals surface area contributed by atoms with E-state index in [1.807, 2.05) is 62.4 Å². The van der Waals surface area contributed by atoms with Gasteiger partial charge in [-0.25, -0.2) is 4.98 Å². The second-order valence-electron chi connectivity index (χ2n) is 6.25. The molecule has 1 N–H and O–H groups in total. The number of carbonyl (C=O) groups excluding carboxylic acids is 1. The number of nitrogens with one attached hydrogen (secondary N) is 1. The van der Waals surface area contributed by atoms with Crippen LogP contribution in [0.1, 0.15) is 32.1 Å². The molecule has 6 nitrogen and oxygen atoms in total. The molecule has 1 heterocycles. The molecule has 3 rings (SSSR count). The topological polar surface area (TPSA) is 65.4 Å². The molecule has 0 aliphatic carbocycles. The maximum atomic E-state index is 11.8. The number of fused-ring (bicyclic) bond motifs is 1. The van der Waals surface area contributed by atoms with Crippen molar-refractivity contribution in [2.24, 2.45) is 0 Å². The van der Waals surface area contributed by atoms with Crippen LogP contribution in [0.15, 0.2) is 48.5 Å². The van der Waals surface area contributed by atoms with Gasteiger partial charge < -0.3 is 19.4 Å². The highest BCUT2D eigenvalue weighted by Crippen LogP contribution is 2.26.